The highest BCUT2D eigenvalue weighted by Crippen LogP contribution is 2.29. The van der Waals surface area contributed by atoms with Crippen LogP contribution in [-0.4, -0.2) is 46.6 Å². The first-order valence-electron chi connectivity index (χ1n) is 10.8. The van der Waals surface area contributed by atoms with E-state index in [1.807, 2.05) is 25.1 Å². The first-order valence-corrected chi connectivity index (χ1v) is 12.6. The molecule has 0 bridgehead atoms. The van der Waals surface area contributed by atoms with Crippen molar-refractivity contribution in [2.24, 2.45) is 11.1 Å². The number of carbonyl (C=O) groups excluding carboxylic acids is 1. The van der Waals surface area contributed by atoms with Crippen molar-refractivity contribution in [1.29, 1.82) is 0 Å². The molecule has 10 nitrogen and oxygen atoms in total. The molecule has 0 saturated heterocycles. The van der Waals surface area contributed by atoms with Crippen LogP contribution >= 0.6 is 11.6 Å². The first kappa shape index (κ1) is 24.3. The van der Waals surface area contributed by atoms with Crippen LogP contribution in [0, 0.1) is 5.92 Å². The van der Waals surface area contributed by atoms with Gasteiger partial charge in [0.05, 0.1) is 18.2 Å². The number of hydrogen-bond donors (Lipinski definition) is 2. The maximum Gasteiger partial charge on any atom is 0.333 e. The van der Waals surface area contributed by atoms with Crippen molar-refractivity contribution < 1.29 is 17.4 Å². The molecule has 1 aliphatic carbocycles. The van der Waals surface area contributed by atoms with Crippen LogP contribution in [0.4, 0.5) is 5.82 Å². The summed E-state index contributed by atoms with van der Waals surface area (Å²) in [6.45, 7) is 2.01. The van der Waals surface area contributed by atoms with Gasteiger partial charge in [-0.15, -0.1) is 0 Å². The van der Waals surface area contributed by atoms with Crippen molar-refractivity contribution in [2.45, 2.75) is 38.3 Å². The number of nitrogens with two attached hydrogens (primary N) is 1. The number of anilines is 1. The number of ketones is 1. The van der Waals surface area contributed by atoms with Crippen molar-refractivity contribution in [1.82, 2.24) is 19.7 Å². The minimum absolute atomic E-state index is 0.0101. The van der Waals surface area contributed by atoms with Crippen molar-refractivity contribution in [2.75, 3.05) is 11.9 Å². The second-order valence-corrected chi connectivity index (χ2v) is 9.98. The van der Waals surface area contributed by atoms with E-state index in [4.69, 9.17) is 20.9 Å². The number of benzene rings is 1. The van der Waals surface area contributed by atoms with E-state index < -0.39 is 10.3 Å². The Balaban J connectivity index is 1.45. The van der Waals surface area contributed by atoms with Gasteiger partial charge in [0.2, 0.25) is 5.78 Å². The number of nitrogens with zero attached hydrogens (tertiary/aromatic N) is 4. The van der Waals surface area contributed by atoms with Gasteiger partial charge in [-0.2, -0.15) is 13.5 Å². The van der Waals surface area contributed by atoms with E-state index in [1.165, 1.54) is 12.5 Å². The normalized spacial score (nSPS) is 19.1. The Bertz CT molecular complexity index is 1280. The van der Waals surface area contributed by atoms with Gasteiger partial charge in [-0.3, -0.25) is 13.7 Å². The lowest BCUT2D eigenvalue weighted by Gasteiger charge is -2.16. The zero-order valence-electron chi connectivity index (χ0n) is 18.5. The van der Waals surface area contributed by atoms with Crippen LogP contribution in [0.25, 0.3) is 0 Å². The molecule has 0 spiro atoms. The number of nitrogens with one attached hydrogen (secondary N) is 1. The van der Waals surface area contributed by atoms with Gasteiger partial charge in [0.1, 0.15) is 17.8 Å². The Labute approximate surface area is 202 Å². The molecule has 34 heavy (non-hydrogen) atoms. The summed E-state index contributed by atoms with van der Waals surface area (Å²) in [5.41, 5.74) is 1.56. The summed E-state index contributed by atoms with van der Waals surface area (Å²) in [7, 11) is -3.96. The quantitative estimate of drug-likeness (QED) is 0.423. The molecule has 1 aliphatic rings. The number of aromatic nitrogens is 4. The number of hydrogen-bond acceptors (Lipinski definition) is 8. The van der Waals surface area contributed by atoms with Gasteiger partial charge in [0.25, 0.3) is 0 Å². The lowest BCUT2D eigenvalue weighted by Crippen LogP contribution is -2.22. The molecular weight excluding hydrogens is 480 g/mol. The Morgan fingerprint density at radius 2 is 2.18 bits per heavy atom. The molecule has 1 fully saturated rings. The third-order valence-corrected chi connectivity index (χ3v) is 6.58. The third-order valence-electron chi connectivity index (χ3n) is 5.88. The third kappa shape index (κ3) is 5.98. The molecule has 1 saturated carbocycles. The van der Waals surface area contributed by atoms with Crippen molar-refractivity contribution in [3.8, 4) is 0 Å². The highest BCUT2D eigenvalue weighted by molar-refractivity contribution is 7.84. The smallest absolute Gasteiger partial charge is 0.333 e. The summed E-state index contributed by atoms with van der Waals surface area (Å²) < 4.78 is 28.5. The van der Waals surface area contributed by atoms with Crippen LogP contribution < -0.4 is 10.5 Å². The average molecular weight is 505 g/mol. The summed E-state index contributed by atoms with van der Waals surface area (Å²) in [5, 5.41) is 13.3. The van der Waals surface area contributed by atoms with Gasteiger partial charge >= 0.3 is 10.3 Å². The summed E-state index contributed by atoms with van der Waals surface area (Å²) >= 11 is 6.10. The monoisotopic (exact) mass is 504 g/mol. The Hall–Kier alpha value is -2.86. The number of halogens is 1. The van der Waals surface area contributed by atoms with E-state index >= 15 is 0 Å². The minimum atomic E-state index is -3.96. The van der Waals surface area contributed by atoms with Gasteiger partial charge in [0.15, 0.2) is 0 Å². The van der Waals surface area contributed by atoms with Gasteiger partial charge in [0, 0.05) is 23.5 Å². The highest BCUT2D eigenvalue weighted by atomic mass is 35.5. The molecule has 3 atom stereocenters. The van der Waals surface area contributed by atoms with Gasteiger partial charge < -0.3 is 5.32 Å². The summed E-state index contributed by atoms with van der Waals surface area (Å²) in [4.78, 5) is 21.5. The number of rotatable bonds is 9. The average Bonchev–Trinajstić information content (AvgIpc) is 3.47. The van der Waals surface area contributed by atoms with Gasteiger partial charge in [-0.25, -0.2) is 15.1 Å². The van der Waals surface area contributed by atoms with Crippen molar-refractivity contribution in [3.05, 3.63) is 70.9 Å². The van der Waals surface area contributed by atoms with Crippen molar-refractivity contribution >= 4 is 33.5 Å². The molecule has 2 heterocycles. The van der Waals surface area contributed by atoms with E-state index in [1.54, 1.807) is 23.0 Å². The topological polar surface area (TPSA) is 142 Å². The largest absolute Gasteiger partial charge is 0.367 e. The molecule has 0 aliphatic heterocycles. The summed E-state index contributed by atoms with van der Waals surface area (Å²) in [5.74, 6) is 0.156. The Morgan fingerprint density at radius 3 is 2.94 bits per heavy atom. The highest BCUT2D eigenvalue weighted by Gasteiger charge is 2.28. The zero-order chi connectivity index (χ0) is 24.3. The molecule has 2 aromatic heterocycles. The van der Waals surface area contributed by atoms with E-state index in [-0.39, 0.29) is 36.1 Å². The second kappa shape index (κ2) is 10.2. The Morgan fingerprint density at radius 1 is 1.35 bits per heavy atom. The van der Waals surface area contributed by atoms with Crippen LogP contribution in [0.15, 0.2) is 49.1 Å². The first-order chi connectivity index (χ1) is 16.2. The summed E-state index contributed by atoms with van der Waals surface area (Å²) in [6, 6.07) is 9.06. The van der Waals surface area contributed by atoms with Crippen LogP contribution in [0.1, 0.15) is 53.8 Å². The van der Waals surface area contributed by atoms with E-state index in [0.717, 1.165) is 18.4 Å². The molecule has 180 valence electrons. The fraction of sp³-hybridized carbons (Fsp3) is 0.364. The molecule has 1 aromatic carbocycles. The predicted octanol–water partition coefficient (Wildman–Crippen LogP) is 2.97. The molecule has 4 rings (SSSR count). The molecule has 1 unspecified atom stereocenters. The SMILES string of the molecule is CC(c1cccc(Cl)c1)n1ccc(C(=O)c2cncnc2N[C@H]2CC[C@@H](COS(N)(=O)=O)C2)n1. The zero-order valence-corrected chi connectivity index (χ0v) is 20.0. The Kier molecular flexibility index (Phi) is 7.27. The van der Waals surface area contributed by atoms with Crippen LogP contribution in [0.2, 0.25) is 5.02 Å². The maximum atomic E-state index is 13.2. The lowest BCUT2D eigenvalue weighted by molar-refractivity contribution is 0.103. The van der Waals surface area contributed by atoms with Crippen LogP contribution in [0.5, 0.6) is 0 Å². The van der Waals surface area contributed by atoms with E-state index in [9.17, 15) is 13.2 Å². The van der Waals surface area contributed by atoms with Gasteiger partial charge in [-0.1, -0.05) is 23.7 Å². The number of carbonyl (C=O) groups is 1. The van der Waals surface area contributed by atoms with Crippen molar-refractivity contribution in [3.63, 3.8) is 0 Å². The molecule has 3 N–H and O–H groups in total. The summed E-state index contributed by atoms with van der Waals surface area (Å²) in [6.07, 6.45) is 6.81. The van der Waals surface area contributed by atoms with E-state index in [0.29, 0.717) is 22.8 Å². The standard InChI is InChI=1S/C22H25ClN6O4S/c1-14(16-3-2-4-17(23)10-16)29-8-7-20(28-29)21(30)19-11-25-13-26-22(19)27-18-6-5-15(9-18)12-33-34(24,31)32/h2-4,7-8,10-11,13-15,18H,5-6,9,12H2,1H3,(H2,24,31,32)(H,25,26,27)/t14?,15-,18+/m1/s1. The lowest BCUT2D eigenvalue weighted by atomic mass is 10.1. The molecule has 0 amide bonds. The fourth-order valence-corrected chi connectivity index (χ4v) is 4.67. The van der Waals surface area contributed by atoms with E-state index in [2.05, 4.69) is 20.4 Å². The minimum Gasteiger partial charge on any atom is -0.367 e. The van der Waals surface area contributed by atoms with Gasteiger partial charge in [-0.05, 0) is 55.9 Å². The molecule has 0 radical (unpaired) electrons. The van der Waals surface area contributed by atoms with Crippen LogP contribution in [-0.2, 0) is 14.5 Å². The molecule has 3 aromatic rings. The predicted molar refractivity (Wildman–Crippen MR) is 127 cm³/mol. The molecule has 12 heteroatoms. The molecular formula is C22H25ClN6O4S. The van der Waals surface area contributed by atoms with Crippen LogP contribution in [0.3, 0.4) is 0 Å². The fourth-order valence-electron chi connectivity index (χ4n) is 4.08. The second-order valence-electron chi connectivity index (χ2n) is 8.32. The maximum absolute atomic E-state index is 13.2.